The van der Waals surface area contributed by atoms with Crippen LogP contribution in [0.3, 0.4) is 0 Å². The molecule has 0 saturated carbocycles. The smallest absolute Gasteiger partial charge is 0.254 e. The van der Waals surface area contributed by atoms with E-state index < -0.39 is 16.6 Å². The van der Waals surface area contributed by atoms with Crippen LogP contribution in [0.5, 0.6) is 5.75 Å². The van der Waals surface area contributed by atoms with Gasteiger partial charge in [0.1, 0.15) is 24.0 Å². The van der Waals surface area contributed by atoms with E-state index in [2.05, 4.69) is 15.6 Å². The Bertz CT molecular complexity index is 1360. The molecule has 0 radical (unpaired) electrons. The molecule has 0 bridgehead atoms. The van der Waals surface area contributed by atoms with E-state index in [1.807, 2.05) is 24.3 Å². The Balaban J connectivity index is 1.58. The van der Waals surface area contributed by atoms with Gasteiger partial charge in [0.15, 0.2) is 0 Å². The number of carbonyl (C=O) groups is 2. The zero-order chi connectivity index (χ0) is 27.2. The lowest BCUT2D eigenvalue weighted by Gasteiger charge is -2.22. The standard InChI is InChI=1S/C28H31FN4O4S/c1-4-21-22(8-10-24(27(21)29)38(36)5-2)28(35)33-12-13-37-23-9-6-18(14-20(23)17-33)19-7-11-25(31-15-19)32-26(34)16-30-3/h6-11,14-15,30H,4-5,12-13,16-17H2,1-3H3,(H,31,32,34). The number of carbonyl (C=O) groups excluding carboxylic acids is 2. The van der Waals surface area contributed by atoms with Crippen molar-refractivity contribution in [3.8, 4) is 16.9 Å². The number of amides is 2. The van der Waals surface area contributed by atoms with Crippen molar-refractivity contribution in [1.82, 2.24) is 15.2 Å². The largest absolute Gasteiger partial charge is 0.491 e. The predicted molar refractivity (Wildman–Crippen MR) is 145 cm³/mol. The van der Waals surface area contributed by atoms with Crippen LogP contribution in [0.25, 0.3) is 11.1 Å². The van der Waals surface area contributed by atoms with Crippen molar-refractivity contribution >= 4 is 28.4 Å². The number of rotatable bonds is 8. The number of anilines is 1. The van der Waals surface area contributed by atoms with E-state index >= 15 is 4.39 Å². The molecule has 2 amide bonds. The zero-order valence-corrected chi connectivity index (χ0v) is 22.5. The van der Waals surface area contributed by atoms with Crippen LogP contribution in [0, 0.1) is 5.82 Å². The van der Waals surface area contributed by atoms with Gasteiger partial charge in [0.25, 0.3) is 5.91 Å². The normalized spacial score (nSPS) is 13.7. The number of aromatic nitrogens is 1. The second-order valence-corrected chi connectivity index (χ2v) is 10.5. The van der Waals surface area contributed by atoms with Gasteiger partial charge in [0, 0.05) is 40.7 Å². The molecule has 3 aromatic rings. The molecular weight excluding hydrogens is 507 g/mol. The van der Waals surface area contributed by atoms with Gasteiger partial charge in [-0.2, -0.15) is 0 Å². The van der Waals surface area contributed by atoms with E-state index in [1.165, 1.54) is 6.07 Å². The number of pyridine rings is 1. The molecular formula is C28H31FN4O4S. The van der Waals surface area contributed by atoms with Gasteiger partial charge in [-0.25, -0.2) is 9.37 Å². The highest BCUT2D eigenvalue weighted by Gasteiger charge is 2.26. The Labute approximate surface area is 224 Å². The summed E-state index contributed by atoms with van der Waals surface area (Å²) >= 11 is 0. The summed E-state index contributed by atoms with van der Waals surface area (Å²) in [4.78, 5) is 31.4. The first-order valence-corrected chi connectivity index (χ1v) is 13.8. The highest BCUT2D eigenvalue weighted by molar-refractivity contribution is 7.85. The molecule has 10 heteroatoms. The van der Waals surface area contributed by atoms with Crippen molar-refractivity contribution in [3.05, 3.63) is 71.2 Å². The molecule has 200 valence electrons. The zero-order valence-electron chi connectivity index (χ0n) is 21.7. The summed E-state index contributed by atoms with van der Waals surface area (Å²) in [5, 5.41) is 5.51. The second kappa shape index (κ2) is 12.3. The molecule has 2 heterocycles. The topological polar surface area (TPSA) is 101 Å². The molecule has 1 unspecified atom stereocenters. The van der Waals surface area contributed by atoms with Gasteiger partial charge in [-0.15, -0.1) is 0 Å². The summed E-state index contributed by atoms with van der Waals surface area (Å²) in [6.45, 7) is 4.66. The molecule has 38 heavy (non-hydrogen) atoms. The number of nitrogens with one attached hydrogen (secondary N) is 2. The molecule has 8 nitrogen and oxygen atoms in total. The van der Waals surface area contributed by atoms with Gasteiger partial charge in [-0.3, -0.25) is 13.8 Å². The fraction of sp³-hybridized carbons (Fsp3) is 0.321. The first-order chi connectivity index (χ1) is 18.4. The summed E-state index contributed by atoms with van der Waals surface area (Å²) in [7, 11) is 0.247. The third kappa shape index (κ3) is 5.92. The van der Waals surface area contributed by atoms with E-state index in [1.54, 1.807) is 44.1 Å². The average Bonchev–Trinajstić information content (AvgIpc) is 3.14. The lowest BCUT2D eigenvalue weighted by atomic mass is 10.0. The van der Waals surface area contributed by atoms with Crippen molar-refractivity contribution in [3.63, 3.8) is 0 Å². The van der Waals surface area contributed by atoms with Crippen LogP contribution in [0.2, 0.25) is 0 Å². The van der Waals surface area contributed by atoms with Crippen molar-refractivity contribution in [2.24, 2.45) is 0 Å². The minimum absolute atomic E-state index is 0.135. The molecule has 1 aromatic heterocycles. The summed E-state index contributed by atoms with van der Waals surface area (Å²) in [6.07, 6.45) is 1.99. The van der Waals surface area contributed by atoms with Crippen molar-refractivity contribution in [2.45, 2.75) is 31.7 Å². The third-order valence-corrected chi connectivity index (χ3v) is 7.66. The SMILES string of the molecule is CCc1c(C(=O)N2CCOc3ccc(-c4ccc(NC(=O)CNC)nc4)cc3C2)ccc(S(=O)CC)c1F. The number of halogens is 1. The molecule has 2 aromatic carbocycles. The lowest BCUT2D eigenvalue weighted by Crippen LogP contribution is -2.33. The Kier molecular flexibility index (Phi) is 8.85. The number of hydrogen-bond donors (Lipinski definition) is 2. The number of likely N-dealkylation sites (N-methyl/N-ethyl adjacent to an activating group) is 1. The van der Waals surface area contributed by atoms with E-state index in [4.69, 9.17) is 4.74 Å². The number of benzene rings is 2. The van der Waals surface area contributed by atoms with Crippen molar-refractivity contribution in [1.29, 1.82) is 0 Å². The highest BCUT2D eigenvalue weighted by atomic mass is 32.2. The monoisotopic (exact) mass is 538 g/mol. The Morgan fingerprint density at radius 1 is 1.13 bits per heavy atom. The molecule has 2 N–H and O–H groups in total. The number of hydrogen-bond acceptors (Lipinski definition) is 6. The third-order valence-electron chi connectivity index (χ3n) is 6.33. The van der Waals surface area contributed by atoms with Gasteiger partial charge in [0.05, 0.1) is 28.8 Å². The van der Waals surface area contributed by atoms with E-state index in [0.717, 1.165) is 16.7 Å². The quantitative estimate of drug-likeness (QED) is 0.453. The summed E-state index contributed by atoms with van der Waals surface area (Å²) in [6, 6.07) is 12.4. The van der Waals surface area contributed by atoms with Gasteiger partial charge in [0.2, 0.25) is 5.91 Å². The maximum atomic E-state index is 15.2. The Morgan fingerprint density at radius 2 is 1.92 bits per heavy atom. The van der Waals surface area contributed by atoms with Gasteiger partial charge >= 0.3 is 0 Å². The van der Waals surface area contributed by atoms with Gasteiger partial charge < -0.3 is 20.3 Å². The first kappa shape index (κ1) is 27.4. The lowest BCUT2D eigenvalue weighted by molar-refractivity contribution is -0.115. The molecule has 0 fully saturated rings. The maximum absolute atomic E-state index is 15.2. The molecule has 4 rings (SSSR count). The molecule has 1 atom stereocenters. The number of fused-ring (bicyclic) bond motifs is 1. The van der Waals surface area contributed by atoms with Crippen molar-refractivity contribution < 1.29 is 22.9 Å². The van der Waals surface area contributed by atoms with Gasteiger partial charge in [-0.1, -0.05) is 19.9 Å². The average molecular weight is 539 g/mol. The second-order valence-electron chi connectivity index (χ2n) is 8.80. The van der Waals surface area contributed by atoms with Crippen LogP contribution < -0.4 is 15.4 Å². The first-order valence-electron chi connectivity index (χ1n) is 12.5. The van der Waals surface area contributed by atoms with Crippen LogP contribution in [0.1, 0.15) is 35.3 Å². The minimum atomic E-state index is -1.45. The van der Waals surface area contributed by atoms with Crippen LogP contribution in [0.4, 0.5) is 10.2 Å². The minimum Gasteiger partial charge on any atom is -0.491 e. The van der Waals surface area contributed by atoms with Crippen LogP contribution in [0.15, 0.2) is 53.6 Å². The summed E-state index contributed by atoms with van der Waals surface area (Å²) in [5.74, 6) is 0.406. The van der Waals surface area contributed by atoms with E-state index in [-0.39, 0.29) is 34.4 Å². The van der Waals surface area contributed by atoms with E-state index in [0.29, 0.717) is 43.4 Å². The van der Waals surface area contributed by atoms with Crippen LogP contribution >= 0.6 is 0 Å². The Hall–Kier alpha value is -3.63. The van der Waals surface area contributed by atoms with Crippen molar-refractivity contribution in [2.75, 3.05) is 37.8 Å². The van der Waals surface area contributed by atoms with Crippen LogP contribution in [-0.4, -0.2) is 58.4 Å². The summed E-state index contributed by atoms with van der Waals surface area (Å²) in [5.41, 5.74) is 3.11. The predicted octanol–water partition coefficient (Wildman–Crippen LogP) is 3.77. The fourth-order valence-corrected chi connectivity index (χ4v) is 5.23. The molecule has 0 spiro atoms. The number of nitrogens with zero attached hydrogens (tertiary/aromatic N) is 2. The summed E-state index contributed by atoms with van der Waals surface area (Å²) < 4.78 is 33.3. The molecule has 0 saturated heterocycles. The molecule has 1 aliphatic rings. The van der Waals surface area contributed by atoms with E-state index in [9.17, 15) is 13.8 Å². The molecule has 1 aliphatic heterocycles. The van der Waals surface area contributed by atoms with Gasteiger partial charge in [-0.05, 0) is 55.4 Å². The maximum Gasteiger partial charge on any atom is 0.254 e. The molecule has 0 aliphatic carbocycles. The number of ether oxygens (including phenoxy) is 1. The Morgan fingerprint density at radius 3 is 2.61 bits per heavy atom. The fourth-order valence-electron chi connectivity index (χ4n) is 4.38. The van der Waals surface area contributed by atoms with Crippen LogP contribution in [-0.2, 0) is 28.6 Å². The highest BCUT2D eigenvalue weighted by Crippen LogP contribution is 2.31.